The maximum absolute atomic E-state index is 13.0. The Kier molecular flexibility index (Phi) is 7.16. The minimum Gasteiger partial charge on any atom is -0.494 e. The molecule has 0 aromatic heterocycles. The molecule has 1 aliphatic heterocycles. The van der Waals surface area contributed by atoms with Gasteiger partial charge < -0.3 is 25.4 Å². The molecular formula is C25H33F2N3O2. The second-order valence-electron chi connectivity index (χ2n) is 8.92. The van der Waals surface area contributed by atoms with Crippen molar-refractivity contribution in [1.82, 2.24) is 5.32 Å². The molecule has 2 aromatic rings. The van der Waals surface area contributed by atoms with Gasteiger partial charge in [0, 0.05) is 55.0 Å². The van der Waals surface area contributed by atoms with E-state index in [2.05, 4.69) is 22.5 Å². The highest BCUT2D eigenvalue weighted by Crippen LogP contribution is 2.38. The van der Waals surface area contributed by atoms with Gasteiger partial charge in [0.2, 0.25) is 0 Å². The molecule has 0 bridgehead atoms. The number of alkyl halides is 2. The summed E-state index contributed by atoms with van der Waals surface area (Å²) in [7, 11) is 0. The number of rotatable bonds is 10. The molecule has 7 heteroatoms. The van der Waals surface area contributed by atoms with Gasteiger partial charge in [-0.2, -0.15) is 0 Å². The van der Waals surface area contributed by atoms with Crippen molar-refractivity contribution in [2.75, 3.05) is 29.9 Å². The number of nitrogens with zero attached hydrogens (tertiary/aromatic N) is 1. The number of halogens is 2. The van der Waals surface area contributed by atoms with E-state index in [-0.39, 0.29) is 24.9 Å². The fourth-order valence-corrected chi connectivity index (χ4v) is 4.33. The molecular weight excluding hydrogens is 412 g/mol. The molecule has 2 aliphatic rings. The van der Waals surface area contributed by atoms with Crippen molar-refractivity contribution in [3.8, 4) is 5.75 Å². The number of unbranched alkanes of at least 4 members (excludes halogenated alkanes) is 1. The molecule has 2 atom stereocenters. The zero-order valence-electron chi connectivity index (χ0n) is 18.6. The molecule has 32 heavy (non-hydrogen) atoms. The summed E-state index contributed by atoms with van der Waals surface area (Å²) in [5.41, 5.74) is 2.70. The van der Waals surface area contributed by atoms with Gasteiger partial charge in [0.05, 0.1) is 6.61 Å². The third-order valence-corrected chi connectivity index (χ3v) is 6.25. The van der Waals surface area contributed by atoms with Crippen LogP contribution in [-0.2, 0) is 0 Å². The van der Waals surface area contributed by atoms with E-state index in [1.165, 1.54) is 0 Å². The van der Waals surface area contributed by atoms with Crippen LogP contribution < -0.4 is 20.3 Å². The third-order valence-electron chi connectivity index (χ3n) is 6.25. The molecule has 0 amide bonds. The number of anilines is 2. The highest BCUT2D eigenvalue weighted by atomic mass is 19.3. The SMILES string of the molecule is CCCCOc1ccc(C(O)Nc2ccc(N3CCC(NC4CC(F)(F)C4)C3)cc2)cc1. The molecule has 0 radical (unpaired) electrons. The van der Waals surface area contributed by atoms with Gasteiger partial charge in [-0.15, -0.1) is 0 Å². The molecule has 2 fully saturated rings. The van der Waals surface area contributed by atoms with Gasteiger partial charge in [0.25, 0.3) is 5.92 Å². The summed E-state index contributed by atoms with van der Waals surface area (Å²) < 4.78 is 31.7. The van der Waals surface area contributed by atoms with Gasteiger partial charge in [-0.25, -0.2) is 8.78 Å². The van der Waals surface area contributed by atoms with Crippen LogP contribution in [0.3, 0.4) is 0 Å². The van der Waals surface area contributed by atoms with E-state index in [4.69, 9.17) is 4.74 Å². The van der Waals surface area contributed by atoms with E-state index in [1.807, 2.05) is 48.5 Å². The molecule has 1 heterocycles. The standard InChI is InChI=1S/C25H33F2N3O2/c1-2-3-14-32-23-10-4-18(5-11-23)24(31)29-19-6-8-22(9-7-19)30-13-12-20(17-30)28-21-15-25(26,27)16-21/h4-11,20-21,24,28-29,31H,2-3,12-17H2,1H3. The number of nitrogens with one attached hydrogen (secondary N) is 2. The number of aliphatic hydroxyl groups excluding tert-OH is 1. The normalized spacial score (nSPS) is 21.2. The van der Waals surface area contributed by atoms with Crippen LogP contribution in [-0.4, -0.2) is 42.8 Å². The first kappa shape index (κ1) is 22.8. The molecule has 5 nitrogen and oxygen atoms in total. The Morgan fingerprint density at radius 2 is 1.81 bits per heavy atom. The number of ether oxygens (including phenoxy) is 1. The largest absolute Gasteiger partial charge is 0.494 e. The Morgan fingerprint density at radius 3 is 2.47 bits per heavy atom. The number of hydrogen-bond donors (Lipinski definition) is 3. The first-order valence-corrected chi connectivity index (χ1v) is 11.6. The van der Waals surface area contributed by atoms with Crippen molar-refractivity contribution in [3.05, 3.63) is 54.1 Å². The summed E-state index contributed by atoms with van der Waals surface area (Å²) in [6.07, 6.45) is 2.18. The molecule has 2 unspecified atom stereocenters. The topological polar surface area (TPSA) is 56.8 Å². The van der Waals surface area contributed by atoms with Crippen LogP contribution in [0.2, 0.25) is 0 Å². The Morgan fingerprint density at radius 1 is 1.09 bits per heavy atom. The van der Waals surface area contributed by atoms with Crippen LogP contribution in [0.1, 0.15) is 50.8 Å². The molecule has 1 saturated carbocycles. The zero-order chi connectivity index (χ0) is 22.6. The van der Waals surface area contributed by atoms with Crippen molar-refractivity contribution >= 4 is 11.4 Å². The molecule has 3 N–H and O–H groups in total. The van der Waals surface area contributed by atoms with Gasteiger partial charge in [0.15, 0.2) is 6.23 Å². The van der Waals surface area contributed by atoms with Crippen molar-refractivity contribution in [1.29, 1.82) is 0 Å². The fourth-order valence-electron chi connectivity index (χ4n) is 4.33. The van der Waals surface area contributed by atoms with E-state index < -0.39 is 12.2 Å². The Bertz CT molecular complexity index is 852. The predicted octanol–water partition coefficient (Wildman–Crippen LogP) is 4.93. The molecule has 4 rings (SSSR count). The van der Waals surface area contributed by atoms with Crippen molar-refractivity contribution in [3.63, 3.8) is 0 Å². The Hall–Kier alpha value is -2.38. The highest BCUT2D eigenvalue weighted by Gasteiger charge is 2.46. The highest BCUT2D eigenvalue weighted by molar-refractivity contribution is 5.56. The van der Waals surface area contributed by atoms with E-state index in [9.17, 15) is 13.9 Å². The summed E-state index contributed by atoms with van der Waals surface area (Å²) >= 11 is 0. The van der Waals surface area contributed by atoms with Gasteiger partial charge in [0.1, 0.15) is 5.75 Å². The maximum Gasteiger partial charge on any atom is 0.251 e. The minimum atomic E-state index is -2.48. The lowest BCUT2D eigenvalue weighted by atomic mass is 9.87. The van der Waals surface area contributed by atoms with E-state index >= 15 is 0 Å². The van der Waals surface area contributed by atoms with Gasteiger partial charge in [-0.3, -0.25) is 0 Å². The molecule has 1 saturated heterocycles. The Labute approximate surface area is 188 Å². The van der Waals surface area contributed by atoms with E-state index in [0.717, 1.165) is 55.0 Å². The van der Waals surface area contributed by atoms with E-state index in [0.29, 0.717) is 6.61 Å². The smallest absolute Gasteiger partial charge is 0.251 e. The number of benzene rings is 2. The second-order valence-corrected chi connectivity index (χ2v) is 8.92. The average Bonchev–Trinajstić information content (AvgIpc) is 3.22. The molecule has 174 valence electrons. The molecule has 2 aromatic carbocycles. The Balaban J connectivity index is 1.25. The van der Waals surface area contributed by atoms with Crippen LogP contribution in [0.4, 0.5) is 20.2 Å². The predicted molar refractivity (Wildman–Crippen MR) is 124 cm³/mol. The summed E-state index contributed by atoms with van der Waals surface area (Å²) in [5.74, 6) is -1.67. The van der Waals surface area contributed by atoms with Gasteiger partial charge >= 0.3 is 0 Å². The van der Waals surface area contributed by atoms with Crippen LogP contribution in [0, 0.1) is 0 Å². The molecule has 0 spiro atoms. The summed E-state index contributed by atoms with van der Waals surface area (Å²) in [4.78, 5) is 2.27. The zero-order valence-corrected chi connectivity index (χ0v) is 18.6. The molecule has 1 aliphatic carbocycles. The van der Waals surface area contributed by atoms with Crippen LogP contribution >= 0.6 is 0 Å². The van der Waals surface area contributed by atoms with E-state index in [1.54, 1.807) is 0 Å². The lowest BCUT2D eigenvalue weighted by Crippen LogP contribution is -2.52. The lowest BCUT2D eigenvalue weighted by molar-refractivity contribution is -0.0943. The quantitative estimate of drug-likeness (QED) is 0.357. The first-order valence-electron chi connectivity index (χ1n) is 11.6. The van der Waals surface area contributed by atoms with Crippen molar-refractivity contribution in [2.45, 2.75) is 63.3 Å². The summed E-state index contributed by atoms with van der Waals surface area (Å²) in [6, 6.07) is 15.6. The average molecular weight is 446 g/mol. The summed E-state index contributed by atoms with van der Waals surface area (Å²) in [6.45, 7) is 4.56. The van der Waals surface area contributed by atoms with Crippen LogP contribution in [0.25, 0.3) is 0 Å². The fraction of sp³-hybridized carbons (Fsp3) is 0.520. The lowest BCUT2D eigenvalue weighted by Gasteiger charge is -2.37. The summed E-state index contributed by atoms with van der Waals surface area (Å²) in [5, 5.41) is 17.0. The van der Waals surface area contributed by atoms with Crippen molar-refractivity contribution < 1.29 is 18.6 Å². The van der Waals surface area contributed by atoms with Crippen molar-refractivity contribution in [2.24, 2.45) is 0 Å². The monoisotopic (exact) mass is 445 g/mol. The second kappa shape index (κ2) is 10.0. The number of hydrogen-bond acceptors (Lipinski definition) is 5. The maximum atomic E-state index is 13.0. The van der Waals surface area contributed by atoms with Gasteiger partial charge in [-0.1, -0.05) is 25.5 Å². The number of aliphatic hydroxyl groups is 1. The first-order chi connectivity index (χ1) is 15.4. The van der Waals surface area contributed by atoms with Crippen LogP contribution in [0.5, 0.6) is 5.75 Å². The minimum absolute atomic E-state index is 0.0409. The van der Waals surface area contributed by atoms with Gasteiger partial charge in [-0.05, 0) is 49.2 Å². The van der Waals surface area contributed by atoms with Crippen LogP contribution in [0.15, 0.2) is 48.5 Å². The third kappa shape index (κ3) is 5.90.